The fraction of sp³-hybridized carbons (Fsp3) is 0.400. The number of amides is 1. The molecule has 7 rings (SSSR count). The Labute approximate surface area is 205 Å². The van der Waals surface area contributed by atoms with Crippen molar-refractivity contribution in [2.75, 3.05) is 31.1 Å². The molecule has 5 aliphatic rings. The molecule has 4 nitrogen and oxygen atoms in total. The van der Waals surface area contributed by atoms with Crippen LogP contribution in [0.1, 0.15) is 63.4 Å². The predicted molar refractivity (Wildman–Crippen MR) is 133 cm³/mol. The Morgan fingerprint density at radius 1 is 1.03 bits per heavy atom. The van der Waals surface area contributed by atoms with E-state index < -0.39 is 0 Å². The molecule has 1 spiro atoms. The molecule has 1 saturated carbocycles. The number of nitrogens with zero attached hydrogens (tertiary/aromatic N) is 2. The highest BCUT2D eigenvalue weighted by Crippen LogP contribution is 2.49. The first kappa shape index (κ1) is 21.3. The van der Waals surface area contributed by atoms with Gasteiger partial charge in [0.05, 0.1) is 11.5 Å². The number of fused-ring (bicyclic) bond motifs is 5. The van der Waals surface area contributed by atoms with E-state index in [2.05, 4.69) is 11.0 Å². The van der Waals surface area contributed by atoms with Crippen LogP contribution >= 0.6 is 0 Å². The largest absolute Gasteiger partial charge is 0.307 e. The number of ketones is 1. The highest BCUT2D eigenvalue weighted by Gasteiger charge is 2.48. The summed E-state index contributed by atoms with van der Waals surface area (Å²) in [6, 6.07) is 10.5. The molecule has 2 heterocycles. The first-order valence-electron chi connectivity index (χ1n) is 12.9. The van der Waals surface area contributed by atoms with Crippen LogP contribution in [0.3, 0.4) is 0 Å². The molecule has 1 saturated heterocycles. The van der Waals surface area contributed by atoms with Gasteiger partial charge >= 0.3 is 0 Å². The number of anilines is 1. The number of allylic oxidation sites excluding steroid dienone is 4. The number of likely N-dealkylation sites (tertiary alicyclic amines) is 1. The van der Waals surface area contributed by atoms with Gasteiger partial charge in [-0.1, -0.05) is 36.4 Å². The predicted octanol–water partition coefficient (Wildman–Crippen LogP) is 5.25. The van der Waals surface area contributed by atoms with E-state index in [-0.39, 0.29) is 34.8 Å². The third-order valence-electron chi connectivity index (χ3n) is 8.92. The first-order valence-corrected chi connectivity index (χ1v) is 12.9. The Hall–Kier alpha value is -3.05. The van der Waals surface area contributed by atoms with E-state index in [4.69, 9.17) is 0 Å². The summed E-state index contributed by atoms with van der Waals surface area (Å²) in [7, 11) is 0. The molecule has 5 heteroatoms. The van der Waals surface area contributed by atoms with Crippen LogP contribution in [0, 0.1) is 17.7 Å². The van der Waals surface area contributed by atoms with Crippen LogP contribution in [0.15, 0.2) is 60.7 Å². The van der Waals surface area contributed by atoms with Gasteiger partial charge in [-0.2, -0.15) is 0 Å². The van der Waals surface area contributed by atoms with E-state index in [9.17, 15) is 14.0 Å². The van der Waals surface area contributed by atoms with Crippen LogP contribution in [0.4, 0.5) is 10.1 Å². The van der Waals surface area contributed by atoms with Gasteiger partial charge in [-0.05, 0) is 80.1 Å². The van der Waals surface area contributed by atoms with Gasteiger partial charge in [-0.3, -0.25) is 9.59 Å². The minimum atomic E-state index is -0.253. The maximum Gasteiger partial charge on any atom is 0.259 e. The van der Waals surface area contributed by atoms with Crippen LogP contribution in [-0.4, -0.2) is 42.8 Å². The topological polar surface area (TPSA) is 40.6 Å². The fourth-order valence-corrected chi connectivity index (χ4v) is 6.85. The lowest BCUT2D eigenvalue weighted by atomic mass is 9.74. The molecule has 0 aromatic heterocycles. The summed E-state index contributed by atoms with van der Waals surface area (Å²) in [5.74, 6) is 0.240. The van der Waals surface area contributed by atoms with Crippen molar-refractivity contribution < 1.29 is 14.0 Å². The Morgan fingerprint density at radius 2 is 1.80 bits per heavy atom. The van der Waals surface area contributed by atoms with Crippen molar-refractivity contribution in [3.8, 4) is 0 Å². The number of rotatable bonds is 3. The minimum Gasteiger partial charge on any atom is -0.307 e. The van der Waals surface area contributed by atoms with Crippen LogP contribution in [0.25, 0.3) is 0 Å². The van der Waals surface area contributed by atoms with Crippen LogP contribution in [-0.2, 0) is 5.41 Å². The van der Waals surface area contributed by atoms with Crippen molar-refractivity contribution in [3.05, 3.63) is 88.8 Å². The second-order valence-corrected chi connectivity index (χ2v) is 11.0. The maximum atomic E-state index is 14.4. The van der Waals surface area contributed by atoms with E-state index >= 15 is 0 Å². The van der Waals surface area contributed by atoms with Crippen molar-refractivity contribution >= 4 is 17.4 Å². The molecule has 3 aliphatic carbocycles. The van der Waals surface area contributed by atoms with E-state index in [0.717, 1.165) is 55.2 Å². The number of hydrogen-bond acceptors (Lipinski definition) is 3. The van der Waals surface area contributed by atoms with Crippen molar-refractivity contribution in [2.45, 2.75) is 37.0 Å². The van der Waals surface area contributed by atoms with E-state index in [1.165, 1.54) is 18.9 Å². The van der Waals surface area contributed by atoms with Gasteiger partial charge in [0.25, 0.3) is 5.91 Å². The molecular formula is C30H29FN2O2. The molecule has 35 heavy (non-hydrogen) atoms. The van der Waals surface area contributed by atoms with Gasteiger partial charge in [0, 0.05) is 35.7 Å². The number of carbonyl (C=O) groups excluding carboxylic acids is 2. The molecule has 2 aliphatic heterocycles. The molecule has 0 bridgehead atoms. The Balaban J connectivity index is 1.24. The van der Waals surface area contributed by atoms with Gasteiger partial charge in [0.1, 0.15) is 5.82 Å². The zero-order chi connectivity index (χ0) is 23.7. The van der Waals surface area contributed by atoms with Gasteiger partial charge in [0.2, 0.25) is 0 Å². The molecule has 2 aromatic rings. The SMILES string of the molecule is O=C1c2c(C(=O)N3CC4(CCN(CC5CC5)CC4)c4cc(F)ccc43)cccc2C2C=CC=CC12. The summed E-state index contributed by atoms with van der Waals surface area (Å²) >= 11 is 0. The van der Waals surface area contributed by atoms with Gasteiger partial charge in [-0.25, -0.2) is 4.39 Å². The summed E-state index contributed by atoms with van der Waals surface area (Å²) in [6.07, 6.45) is 12.4. The van der Waals surface area contributed by atoms with Crippen molar-refractivity contribution in [3.63, 3.8) is 0 Å². The minimum absolute atomic E-state index is 0.00246. The fourth-order valence-electron chi connectivity index (χ4n) is 6.85. The second-order valence-electron chi connectivity index (χ2n) is 11.0. The summed E-state index contributed by atoms with van der Waals surface area (Å²) in [5.41, 5.74) is 3.50. The quantitative estimate of drug-likeness (QED) is 0.618. The molecule has 0 radical (unpaired) electrons. The number of piperidine rings is 1. The van der Waals surface area contributed by atoms with Crippen molar-refractivity contribution in [1.29, 1.82) is 0 Å². The standard InChI is InChI=1S/C30H29FN2O2/c31-20-10-11-26-25(16-20)30(12-14-32(15-13-30)17-19-8-9-19)18-33(26)29(35)24-7-3-6-22-21-4-1-2-5-23(21)28(34)27(22)24/h1-7,10-11,16,19,21,23H,8-9,12-15,17-18H2. The summed E-state index contributed by atoms with van der Waals surface area (Å²) < 4.78 is 14.4. The second kappa shape index (κ2) is 7.72. The monoisotopic (exact) mass is 468 g/mol. The normalized spacial score (nSPS) is 26.2. The lowest BCUT2D eigenvalue weighted by Gasteiger charge is -2.40. The molecule has 1 amide bonds. The third-order valence-corrected chi connectivity index (χ3v) is 8.92. The molecule has 178 valence electrons. The van der Waals surface area contributed by atoms with E-state index in [1.807, 2.05) is 35.3 Å². The highest BCUT2D eigenvalue weighted by molar-refractivity contribution is 6.17. The first-order chi connectivity index (χ1) is 17.0. The summed E-state index contributed by atoms with van der Waals surface area (Å²) in [4.78, 5) is 31.8. The van der Waals surface area contributed by atoms with E-state index in [0.29, 0.717) is 17.7 Å². The molecular weight excluding hydrogens is 439 g/mol. The number of Topliss-reactive ketones (excluding diaryl/α,β-unsaturated/α-hetero) is 1. The van der Waals surface area contributed by atoms with Crippen LogP contribution in [0.2, 0.25) is 0 Å². The molecule has 2 atom stereocenters. The van der Waals surface area contributed by atoms with E-state index in [1.54, 1.807) is 18.2 Å². The zero-order valence-corrected chi connectivity index (χ0v) is 19.8. The number of hydrogen-bond donors (Lipinski definition) is 0. The molecule has 2 fully saturated rings. The van der Waals surface area contributed by atoms with Crippen LogP contribution in [0.5, 0.6) is 0 Å². The van der Waals surface area contributed by atoms with Gasteiger partial charge in [0.15, 0.2) is 5.78 Å². The lowest BCUT2D eigenvalue weighted by Crippen LogP contribution is -2.46. The Kier molecular flexibility index (Phi) is 4.69. The zero-order valence-electron chi connectivity index (χ0n) is 19.8. The Morgan fingerprint density at radius 3 is 2.57 bits per heavy atom. The lowest BCUT2D eigenvalue weighted by molar-refractivity contribution is 0.0933. The maximum absolute atomic E-state index is 14.4. The van der Waals surface area contributed by atoms with Gasteiger partial charge < -0.3 is 9.80 Å². The smallest absolute Gasteiger partial charge is 0.259 e. The molecule has 0 N–H and O–H groups in total. The average molecular weight is 469 g/mol. The van der Waals surface area contributed by atoms with Crippen LogP contribution < -0.4 is 4.90 Å². The van der Waals surface area contributed by atoms with Crippen molar-refractivity contribution in [1.82, 2.24) is 4.90 Å². The average Bonchev–Trinajstić information content (AvgIpc) is 3.59. The third kappa shape index (κ3) is 3.28. The Bertz CT molecular complexity index is 1300. The molecule has 2 unspecified atom stereocenters. The van der Waals surface area contributed by atoms with Crippen molar-refractivity contribution in [2.24, 2.45) is 11.8 Å². The molecule has 2 aromatic carbocycles. The number of benzene rings is 2. The van der Waals surface area contributed by atoms with Gasteiger partial charge in [-0.15, -0.1) is 0 Å². The summed E-state index contributed by atoms with van der Waals surface area (Å²) in [6.45, 7) is 3.68. The summed E-state index contributed by atoms with van der Waals surface area (Å²) in [5, 5.41) is 0. The number of halogens is 1. The highest BCUT2D eigenvalue weighted by atomic mass is 19.1. The number of carbonyl (C=O) groups is 2.